The molecule has 1 amide bonds. The Morgan fingerprint density at radius 1 is 1.27 bits per heavy atom. The molecule has 1 saturated heterocycles. The van der Waals surface area contributed by atoms with E-state index in [2.05, 4.69) is 52.9 Å². The average Bonchev–Trinajstić information content (AvgIpc) is 3.42. The minimum atomic E-state index is -1.79. The van der Waals surface area contributed by atoms with Crippen molar-refractivity contribution in [2.45, 2.75) is 63.8 Å². The van der Waals surface area contributed by atoms with Crippen LogP contribution in [0.4, 0.5) is 5.82 Å². The minimum Gasteiger partial charge on any atom is -0.412 e. The Morgan fingerprint density at radius 3 is 2.79 bits per heavy atom. The van der Waals surface area contributed by atoms with E-state index in [0.29, 0.717) is 34.7 Å². The summed E-state index contributed by atoms with van der Waals surface area (Å²) in [5, 5.41) is 2.85. The zero-order chi connectivity index (χ0) is 23.4. The highest BCUT2D eigenvalue weighted by atomic mass is 32.1. The van der Waals surface area contributed by atoms with Crippen molar-refractivity contribution in [3.63, 3.8) is 0 Å². The number of fused-ring (bicyclic) bond motifs is 1. The highest BCUT2D eigenvalue weighted by Gasteiger charge is 2.40. The molecular weight excluding hydrogens is 454 g/mol. The number of amides is 1. The van der Waals surface area contributed by atoms with E-state index < -0.39 is 8.32 Å². The van der Waals surface area contributed by atoms with E-state index >= 15 is 0 Å². The molecule has 0 spiro atoms. The van der Waals surface area contributed by atoms with Crippen molar-refractivity contribution < 1.29 is 14.0 Å². The van der Waals surface area contributed by atoms with Gasteiger partial charge in [0.1, 0.15) is 12.6 Å². The fourth-order valence-electron chi connectivity index (χ4n) is 4.15. The second kappa shape index (κ2) is 10.3. The van der Waals surface area contributed by atoms with E-state index in [1.54, 1.807) is 18.5 Å². The van der Waals surface area contributed by atoms with Gasteiger partial charge in [-0.3, -0.25) is 9.36 Å². The average molecular weight is 486 g/mol. The molecule has 3 atom stereocenters. The van der Waals surface area contributed by atoms with Crippen LogP contribution in [0.15, 0.2) is 43.0 Å². The van der Waals surface area contributed by atoms with Gasteiger partial charge >= 0.3 is 0 Å². The summed E-state index contributed by atoms with van der Waals surface area (Å²) in [4.78, 5) is 25.8. The Morgan fingerprint density at radius 2 is 2.06 bits per heavy atom. The number of carbonyl (C=O) groups excluding carboxylic acids is 1. The second-order valence-corrected chi connectivity index (χ2v) is 13.6. The number of rotatable bonds is 9. The maximum absolute atomic E-state index is 12.6. The molecule has 176 valence electrons. The number of thiol groups is 1. The first-order chi connectivity index (χ1) is 15.9. The van der Waals surface area contributed by atoms with Gasteiger partial charge in [-0.05, 0) is 31.3 Å². The summed E-state index contributed by atoms with van der Waals surface area (Å²) < 4.78 is 14.8. The van der Waals surface area contributed by atoms with Crippen LogP contribution in [0.25, 0.3) is 11.2 Å². The van der Waals surface area contributed by atoms with Crippen LogP contribution in [0.5, 0.6) is 0 Å². The Labute approximate surface area is 200 Å². The Hall–Kier alpha value is -2.27. The van der Waals surface area contributed by atoms with E-state index in [4.69, 9.17) is 9.16 Å². The van der Waals surface area contributed by atoms with E-state index in [0.717, 1.165) is 6.04 Å². The van der Waals surface area contributed by atoms with Gasteiger partial charge in [0.2, 0.25) is 0 Å². The number of aromatic nitrogens is 4. The van der Waals surface area contributed by atoms with Crippen LogP contribution < -0.4 is 5.32 Å². The molecule has 3 heterocycles. The van der Waals surface area contributed by atoms with Crippen LogP contribution in [-0.4, -0.2) is 51.7 Å². The van der Waals surface area contributed by atoms with Crippen LogP contribution in [0.1, 0.15) is 42.8 Å². The molecule has 0 radical (unpaired) electrons. The number of anilines is 1. The first-order valence-corrected chi connectivity index (χ1v) is 15.1. The van der Waals surface area contributed by atoms with E-state index in [1.807, 2.05) is 22.8 Å². The molecule has 1 aliphatic heterocycles. The van der Waals surface area contributed by atoms with Crippen LogP contribution in [0.2, 0.25) is 19.1 Å². The third-order valence-corrected chi connectivity index (χ3v) is 8.76. The van der Waals surface area contributed by atoms with Crippen molar-refractivity contribution in [3.8, 4) is 0 Å². The van der Waals surface area contributed by atoms with Crippen LogP contribution in [0.3, 0.4) is 0 Å². The van der Waals surface area contributed by atoms with Crippen molar-refractivity contribution >= 4 is 43.8 Å². The van der Waals surface area contributed by atoms with Crippen molar-refractivity contribution in [2.24, 2.45) is 0 Å². The van der Waals surface area contributed by atoms with Crippen LogP contribution >= 0.6 is 12.6 Å². The zero-order valence-electron chi connectivity index (χ0n) is 19.3. The zero-order valence-corrected chi connectivity index (χ0v) is 21.2. The lowest BCUT2D eigenvalue weighted by Crippen LogP contribution is -2.39. The molecule has 1 N–H and O–H groups in total. The number of hydrogen-bond acceptors (Lipinski definition) is 7. The SMILES string of the molecule is CCCC[Si](C)(C)OC1C[C@H](n2cnc3c(NC(=O)c4ccccc4)ncnc32)O[C@@H]1CS. The maximum Gasteiger partial charge on any atom is 0.256 e. The van der Waals surface area contributed by atoms with Crippen molar-refractivity contribution in [1.29, 1.82) is 0 Å². The van der Waals surface area contributed by atoms with Crippen molar-refractivity contribution in [3.05, 3.63) is 48.5 Å². The van der Waals surface area contributed by atoms with Crippen molar-refractivity contribution in [2.75, 3.05) is 11.1 Å². The largest absolute Gasteiger partial charge is 0.412 e. The standard InChI is InChI=1S/C23H31N5O3SSi/c1-4-5-11-33(2,3)31-17-12-19(30-18(17)13-32)28-15-26-20-21(24-14-25-22(20)28)27-23(29)16-9-7-6-8-10-16/h6-10,14-15,17-19,32H,4-5,11-13H2,1-3H3,(H,24,25,27,29)/t17?,18-,19-/m1/s1. The molecule has 1 aliphatic rings. The second-order valence-electron chi connectivity index (χ2n) is 8.93. The fraction of sp³-hybridized carbons (Fsp3) is 0.478. The summed E-state index contributed by atoms with van der Waals surface area (Å²) in [6, 6.07) is 10.1. The summed E-state index contributed by atoms with van der Waals surface area (Å²) in [5.41, 5.74) is 1.68. The Kier molecular flexibility index (Phi) is 7.47. The number of imidazole rings is 1. The molecular formula is C23H31N5O3SSi. The molecule has 8 nitrogen and oxygen atoms in total. The van der Waals surface area contributed by atoms with E-state index in [-0.39, 0.29) is 24.3 Å². The lowest BCUT2D eigenvalue weighted by atomic mass is 10.2. The van der Waals surface area contributed by atoms with Gasteiger partial charge in [0, 0.05) is 17.7 Å². The molecule has 33 heavy (non-hydrogen) atoms. The quantitative estimate of drug-likeness (QED) is 0.338. The summed E-state index contributed by atoms with van der Waals surface area (Å²) in [6.45, 7) is 6.75. The number of benzene rings is 1. The van der Waals surface area contributed by atoms with Gasteiger partial charge in [-0.1, -0.05) is 38.0 Å². The normalized spacial score (nSPS) is 20.9. The van der Waals surface area contributed by atoms with E-state index in [9.17, 15) is 4.79 Å². The third kappa shape index (κ3) is 5.45. The number of nitrogens with zero attached hydrogens (tertiary/aromatic N) is 4. The molecule has 2 aromatic heterocycles. The molecule has 1 fully saturated rings. The van der Waals surface area contributed by atoms with Gasteiger partial charge in [-0.15, -0.1) is 0 Å². The van der Waals surface area contributed by atoms with Gasteiger partial charge in [0.05, 0.1) is 18.5 Å². The highest BCUT2D eigenvalue weighted by molar-refractivity contribution is 7.80. The summed E-state index contributed by atoms with van der Waals surface area (Å²) in [7, 11) is -1.79. The monoisotopic (exact) mass is 485 g/mol. The topological polar surface area (TPSA) is 91.2 Å². The predicted molar refractivity (Wildman–Crippen MR) is 134 cm³/mol. The molecule has 1 unspecified atom stereocenters. The molecule has 0 aliphatic carbocycles. The first-order valence-electron chi connectivity index (χ1n) is 11.4. The van der Waals surface area contributed by atoms with E-state index in [1.165, 1.54) is 19.2 Å². The summed E-state index contributed by atoms with van der Waals surface area (Å²) in [6.07, 6.45) is 5.81. The summed E-state index contributed by atoms with van der Waals surface area (Å²) in [5.74, 6) is 0.710. The molecule has 0 saturated carbocycles. The minimum absolute atomic E-state index is 0.0115. The van der Waals surface area contributed by atoms with Gasteiger partial charge in [0.25, 0.3) is 5.91 Å². The van der Waals surface area contributed by atoms with Crippen molar-refractivity contribution in [1.82, 2.24) is 19.5 Å². The van der Waals surface area contributed by atoms with Gasteiger partial charge in [0.15, 0.2) is 25.3 Å². The lowest BCUT2D eigenvalue weighted by Gasteiger charge is -2.29. The molecule has 4 rings (SSSR count). The fourth-order valence-corrected chi connectivity index (χ4v) is 6.87. The first kappa shape index (κ1) is 23.9. The van der Waals surface area contributed by atoms with Gasteiger partial charge in [-0.2, -0.15) is 12.6 Å². The number of unbranched alkanes of at least 4 members (excludes halogenated alkanes) is 1. The molecule has 1 aromatic carbocycles. The lowest BCUT2D eigenvalue weighted by molar-refractivity contribution is -0.00103. The molecule has 10 heteroatoms. The highest BCUT2D eigenvalue weighted by Crippen LogP contribution is 2.36. The smallest absolute Gasteiger partial charge is 0.256 e. The maximum atomic E-state index is 12.6. The third-order valence-electron chi connectivity index (χ3n) is 5.90. The number of carbonyl (C=O) groups is 1. The summed E-state index contributed by atoms with van der Waals surface area (Å²) >= 11 is 4.51. The number of hydrogen-bond donors (Lipinski definition) is 2. The predicted octanol–water partition coefficient (Wildman–Crippen LogP) is 4.69. The van der Waals surface area contributed by atoms with Gasteiger partial charge in [-0.25, -0.2) is 15.0 Å². The Balaban J connectivity index is 1.53. The Bertz CT molecular complexity index is 1090. The van der Waals surface area contributed by atoms with Crippen LogP contribution in [-0.2, 0) is 9.16 Å². The molecule has 0 bridgehead atoms. The number of nitrogens with one attached hydrogen (secondary N) is 1. The molecule has 3 aromatic rings. The van der Waals surface area contributed by atoms with Gasteiger partial charge < -0.3 is 14.5 Å². The van der Waals surface area contributed by atoms with Crippen LogP contribution in [0, 0.1) is 0 Å². The number of ether oxygens (including phenoxy) is 1.